The van der Waals surface area contributed by atoms with E-state index in [0.29, 0.717) is 5.56 Å². The molecular weight excluding hydrogens is 282 g/mol. The van der Waals surface area contributed by atoms with Crippen molar-refractivity contribution in [2.45, 2.75) is 18.9 Å². The molecule has 1 rings (SSSR count). The summed E-state index contributed by atoms with van der Waals surface area (Å²) >= 11 is 0. The molecule has 112 valence electrons. The summed E-state index contributed by atoms with van der Waals surface area (Å²) in [5, 5.41) is 9.29. The number of aliphatic hydroxyl groups excluding tert-OH is 1. The summed E-state index contributed by atoms with van der Waals surface area (Å²) in [6.07, 6.45) is 0.224. The van der Waals surface area contributed by atoms with Crippen LogP contribution in [0.1, 0.15) is 24.4 Å². The van der Waals surface area contributed by atoms with Crippen LogP contribution in [0.25, 0.3) is 0 Å². The molecule has 0 fully saturated rings. The molecule has 0 aliphatic heterocycles. The van der Waals surface area contributed by atoms with E-state index in [9.17, 15) is 18.3 Å². The number of esters is 1. The highest BCUT2D eigenvalue weighted by Gasteiger charge is 2.18. The Morgan fingerprint density at radius 1 is 1.35 bits per heavy atom. The maximum atomic E-state index is 11.9. The molecule has 0 aliphatic rings. The van der Waals surface area contributed by atoms with Crippen LogP contribution in [0.15, 0.2) is 30.3 Å². The second-order valence-electron chi connectivity index (χ2n) is 4.26. The molecule has 1 atom stereocenters. The zero-order chi connectivity index (χ0) is 15.0. The Bertz CT molecular complexity index is 515. The van der Waals surface area contributed by atoms with Crippen molar-refractivity contribution in [2.24, 2.45) is 0 Å². The molecule has 0 saturated heterocycles. The van der Waals surface area contributed by atoms with Crippen LogP contribution < -0.4 is 4.72 Å². The van der Waals surface area contributed by atoms with Crippen molar-refractivity contribution in [2.75, 3.05) is 19.5 Å². The first-order chi connectivity index (χ1) is 9.48. The summed E-state index contributed by atoms with van der Waals surface area (Å²) < 4.78 is 30.6. The van der Waals surface area contributed by atoms with Crippen molar-refractivity contribution in [1.82, 2.24) is 4.72 Å². The molecule has 0 heterocycles. The molecule has 6 nitrogen and oxygen atoms in total. The first-order valence-electron chi connectivity index (χ1n) is 6.21. The van der Waals surface area contributed by atoms with Crippen molar-refractivity contribution < 1.29 is 23.1 Å². The fourth-order valence-corrected chi connectivity index (χ4v) is 2.97. The number of rotatable bonds is 8. The highest BCUT2D eigenvalue weighted by molar-refractivity contribution is 7.89. The van der Waals surface area contributed by atoms with E-state index in [1.165, 1.54) is 7.11 Å². The fourth-order valence-electron chi connectivity index (χ4n) is 1.68. The summed E-state index contributed by atoms with van der Waals surface area (Å²) in [7, 11) is -2.31. The van der Waals surface area contributed by atoms with E-state index in [4.69, 9.17) is 0 Å². The average molecular weight is 301 g/mol. The van der Waals surface area contributed by atoms with Crippen molar-refractivity contribution in [3.8, 4) is 0 Å². The minimum atomic E-state index is -3.56. The van der Waals surface area contributed by atoms with Crippen molar-refractivity contribution >= 4 is 16.0 Å². The molecule has 2 N–H and O–H groups in total. The lowest BCUT2D eigenvalue weighted by Gasteiger charge is -2.16. The molecule has 1 aromatic rings. The van der Waals surface area contributed by atoms with Gasteiger partial charge in [0, 0.05) is 6.42 Å². The van der Waals surface area contributed by atoms with Gasteiger partial charge in [0.1, 0.15) is 0 Å². The number of sulfonamides is 1. The number of carbonyl (C=O) groups is 1. The Morgan fingerprint density at radius 2 is 2.00 bits per heavy atom. The Morgan fingerprint density at radius 3 is 2.55 bits per heavy atom. The van der Waals surface area contributed by atoms with Crippen LogP contribution in [0.4, 0.5) is 0 Å². The second-order valence-corrected chi connectivity index (χ2v) is 6.14. The van der Waals surface area contributed by atoms with E-state index in [1.54, 1.807) is 24.3 Å². The monoisotopic (exact) mass is 301 g/mol. The number of aliphatic hydroxyl groups is 1. The predicted octanol–water partition coefficient (Wildman–Crippen LogP) is 0.593. The van der Waals surface area contributed by atoms with Gasteiger partial charge in [-0.05, 0) is 12.0 Å². The number of nitrogens with one attached hydrogen (secondary N) is 1. The molecule has 0 bridgehead atoms. The molecule has 1 aromatic carbocycles. The van der Waals surface area contributed by atoms with Crippen LogP contribution in [0.3, 0.4) is 0 Å². The molecule has 0 radical (unpaired) electrons. The molecule has 0 aliphatic carbocycles. The van der Waals surface area contributed by atoms with Crippen LogP contribution in [0.2, 0.25) is 0 Å². The maximum absolute atomic E-state index is 11.9. The quantitative estimate of drug-likeness (QED) is 0.686. The standard InChI is InChI=1S/C13H19NO5S/c1-19-13(16)8-5-9-20(17,18)14-12(10-15)11-6-3-2-4-7-11/h2-4,6-7,12,14-15H,5,8-10H2,1H3/t12-/m1/s1. The van der Waals surface area contributed by atoms with Gasteiger partial charge >= 0.3 is 5.97 Å². The van der Waals surface area contributed by atoms with Crippen LogP contribution in [-0.4, -0.2) is 39.0 Å². The Kier molecular flexibility index (Phi) is 6.63. The molecule has 0 saturated carbocycles. The summed E-state index contributed by atoms with van der Waals surface area (Å²) in [4.78, 5) is 10.9. The lowest BCUT2D eigenvalue weighted by Crippen LogP contribution is -2.32. The van der Waals surface area contributed by atoms with Gasteiger partial charge in [-0.2, -0.15) is 0 Å². The summed E-state index contributed by atoms with van der Waals surface area (Å²) in [5.41, 5.74) is 0.687. The van der Waals surface area contributed by atoms with Crippen molar-refractivity contribution in [1.29, 1.82) is 0 Å². The fraction of sp³-hybridized carbons (Fsp3) is 0.462. The third-order valence-electron chi connectivity index (χ3n) is 2.73. The number of hydrogen-bond donors (Lipinski definition) is 2. The van der Waals surface area contributed by atoms with E-state index in [1.807, 2.05) is 6.07 Å². The van der Waals surface area contributed by atoms with Gasteiger partial charge in [-0.1, -0.05) is 30.3 Å². The van der Waals surface area contributed by atoms with Crippen molar-refractivity contribution in [3.63, 3.8) is 0 Å². The molecule has 0 aromatic heterocycles. The molecule has 0 spiro atoms. The highest BCUT2D eigenvalue weighted by Crippen LogP contribution is 2.13. The maximum Gasteiger partial charge on any atom is 0.305 e. The predicted molar refractivity (Wildman–Crippen MR) is 74.4 cm³/mol. The van der Waals surface area contributed by atoms with Crippen LogP contribution >= 0.6 is 0 Å². The van der Waals surface area contributed by atoms with Gasteiger partial charge in [0.25, 0.3) is 0 Å². The van der Waals surface area contributed by atoms with Gasteiger partial charge in [0.2, 0.25) is 10.0 Å². The Labute approximate surface area is 118 Å². The number of methoxy groups -OCH3 is 1. The van der Waals surface area contributed by atoms with E-state index >= 15 is 0 Å². The van der Waals surface area contributed by atoms with Gasteiger partial charge in [0.15, 0.2) is 0 Å². The van der Waals surface area contributed by atoms with Crippen LogP contribution in [-0.2, 0) is 19.6 Å². The lowest BCUT2D eigenvalue weighted by atomic mass is 10.1. The molecule has 7 heteroatoms. The smallest absolute Gasteiger partial charge is 0.305 e. The normalized spacial score (nSPS) is 12.9. The van der Waals surface area contributed by atoms with E-state index < -0.39 is 22.0 Å². The van der Waals surface area contributed by atoms with Crippen molar-refractivity contribution in [3.05, 3.63) is 35.9 Å². The van der Waals surface area contributed by atoms with Gasteiger partial charge in [-0.25, -0.2) is 13.1 Å². The Balaban J connectivity index is 2.58. The summed E-state index contributed by atoms with van der Waals surface area (Å²) in [6, 6.07) is 8.13. The van der Waals surface area contributed by atoms with Gasteiger partial charge in [-0.15, -0.1) is 0 Å². The summed E-state index contributed by atoms with van der Waals surface area (Å²) in [6.45, 7) is -0.333. The molecule has 0 amide bonds. The third kappa shape index (κ3) is 5.68. The summed E-state index contributed by atoms with van der Waals surface area (Å²) in [5.74, 6) is -0.632. The lowest BCUT2D eigenvalue weighted by molar-refractivity contribution is -0.140. The van der Waals surface area contributed by atoms with Gasteiger partial charge in [-0.3, -0.25) is 4.79 Å². The number of carbonyl (C=O) groups excluding carboxylic acids is 1. The van der Waals surface area contributed by atoms with Gasteiger partial charge in [0.05, 0.1) is 25.5 Å². The number of hydrogen-bond acceptors (Lipinski definition) is 5. The zero-order valence-corrected chi connectivity index (χ0v) is 12.1. The SMILES string of the molecule is COC(=O)CCCS(=O)(=O)N[C@H](CO)c1ccccc1. The second kappa shape index (κ2) is 7.98. The van der Waals surface area contributed by atoms with E-state index in [0.717, 1.165) is 0 Å². The van der Waals surface area contributed by atoms with Crippen LogP contribution in [0.5, 0.6) is 0 Å². The highest BCUT2D eigenvalue weighted by atomic mass is 32.2. The Hall–Kier alpha value is -1.44. The number of benzene rings is 1. The van der Waals surface area contributed by atoms with E-state index in [2.05, 4.69) is 9.46 Å². The number of ether oxygens (including phenoxy) is 1. The molecule has 0 unspecified atom stereocenters. The van der Waals surface area contributed by atoms with Gasteiger partial charge < -0.3 is 9.84 Å². The van der Waals surface area contributed by atoms with E-state index in [-0.39, 0.29) is 25.2 Å². The molecular formula is C13H19NO5S. The first kappa shape index (κ1) is 16.6. The minimum absolute atomic E-state index is 0.0482. The van der Waals surface area contributed by atoms with Crippen LogP contribution in [0, 0.1) is 0 Å². The molecule has 20 heavy (non-hydrogen) atoms. The topological polar surface area (TPSA) is 92.7 Å². The largest absolute Gasteiger partial charge is 0.469 e. The first-order valence-corrected chi connectivity index (χ1v) is 7.86. The minimum Gasteiger partial charge on any atom is -0.469 e. The average Bonchev–Trinajstić information content (AvgIpc) is 2.45. The zero-order valence-electron chi connectivity index (χ0n) is 11.3. The third-order valence-corrected chi connectivity index (χ3v) is 4.20.